The highest BCUT2D eigenvalue weighted by Crippen LogP contribution is 2.16. The van der Waals surface area contributed by atoms with E-state index in [1.165, 1.54) is 24.3 Å². The number of aliphatic hydroxyl groups excluding tert-OH is 1. The highest BCUT2D eigenvalue weighted by molar-refractivity contribution is 7.80. The average Bonchev–Trinajstić information content (AvgIpc) is 0.856. The molecule has 588 valence electrons. The maximum absolute atomic E-state index is 14.5. The number of rotatable bonds is 53. The van der Waals surface area contributed by atoms with Crippen LogP contribution in [0, 0.1) is 5.92 Å². The molecular formula is C67H103N17O21S. The van der Waals surface area contributed by atoms with Crippen LogP contribution >= 0.6 is 12.6 Å². The third kappa shape index (κ3) is 35.7. The van der Waals surface area contributed by atoms with Crippen LogP contribution in [0.3, 0.4) is 0 Å². The quantitative estimate of drug-likeness (QED) is 0.00970. The van der Waals surface area contributed by atoms with Crippen LogP contribution in [0.15, 0.2) is 59.6 Å². The number of carbonyl (C=O) groups excluding carboxylic acids is 13. The molecule has 0 aliphatic heterocycles. The Kier molecular flexibility index (Phi) is 42.3. The summed E-state index contributed by atoms with van der Waals surface area (Å²) in [4.78, 5) is 214. The molecule has 0 unspecified atom stereocenters. The van der Waals surface area contributed by atoms with Crippen molar-refractivity contribution in [3.05, 3.63) is 65.7 Å². The van der Waals surface area contributed by atoms with E-state index >= 15 is 0 Å². The number of unbranched alkanes of at least 4 members (excludes halogenated alkanes) is 3. The zero-order valence-electron chi connectivity index (χ0n) is 59.6. The highest BCUT2D eigenvalue weighted by atomic mass is 32.1. The number of carboxylic acid groups (broad SMARTS) is 3. The van der Waals surface area contributed by atoms with E-state index in [-0.39, 0.29) is 88.5 Å². The number of amides is 13. The Bertz CT molecular complexity index is 3310. The molecule has 0 saturated heterocycles. The Balaban J connectivity index is 2.33. The molecule has 0 bridgehead atoms. The standard InChI is InChI=1S/C67H103N17O21S/c1-5-7-17-42(74-35-86)58(97)79-45(27-36(3)4)61(100)81-46(28-37-15-10-9-11-16-37)63(102)76-43(18-8-6-2)59(98)80-47(29-38-21-23-39(87)24-22-38)62(101)75-41(55(69)94)19-12-13-25-72-57(96)50(33-85)83-60(99)44(20-14-26-73-67(70)71)77-64(103)49(32-54(92)93)82-66(105)51(34-106)84-65(104)48(31-53(90)91)78-56(95)40(68)30-52(88)89/h9-11,15-16,21-24,35-36,40-51,85,87,106H,5-8,12-14,17-20,25-34,68H2,1-4H3,(H2,69,94)(H,72,96)(H,74,86)(H,75,101)(H,76,102)(H,77,103)(H,78,95)(H,79,97)(H,80,98)(H,81,100)(H,82,105)(H,83,99)(H,84,104)(H,88,89)(H,90,91)(H,92,93)(H4,70,71,73)/t40-,41-,42-,43-,44+,45-,46-,47-,48-,49-,50-,51-/m0/s1. The number of phenols is 1. The third-order valence-electron chi connectivity index (χ3n) is 16.0. The monoisotopic (exact) mass is 1510 g/mol. The number of nitrogens with zero attached hydrogens (tertiary/aromatic N) is 1. The lowest BCUT2D eigenvalue weighted by molar-refractivity contribution is -0.142. The topological polar surface area (TPSA) is 635 Å². The minimum absolute atomic E-state index is 0.0487. The van der Waals surface area contributed by atoms with E-state index in [1.807, 2.05) is 33.0 Å². The van der Waals surface area contributed by atoms with Gasteiger partial charge >= 0.3 is 17.9 Å². The van der Waals surface area contributed by atoms with E-state index in [4.69, 9.17) is 28.0 Å². The first-order valence-corrected chi connectivity index (χ1v) is 35.1. The van der Waals surface area contributed by atoms with Gasteiger partial charge in [0.15, 0.2) is 5.96 Å². The molecule has 106 heavy (non-hydrogen) atoms. The summed E-state index contributed by atoms with van der Waals surface area (Å²) in [5.41, 5.74) is 23.2. The lowest BCUT2D eigenvalue weighted by Crippen LogP contribution is -2.60. The molecule has 0 radical (unpaired) electrons. The average molecular weight is 1510 g/mol. The van der Waals surface area contributed by atoms with Gasteiger partial charge in [-0.1, -0.05) is 95.8 Å². The van der Waals surface area contributed by atoms with Crippen molar-refractivity contribution in [1.29, 1.82) is 0 Å². The molecule has 0 aliphatic carbocycles. The largest absolute Gasteiger partial charge is 0.508 e. The summed E-state index contributed by atoms with van der Waals surface area (Å²) in [7, 11) is 0. The summed E-state index contributed by atoms with van der Waals surface area (Å²) in [5, 5.41) is 77.8. The summed E-state index contributed by atoms with van der Waals surface area (Å²) < 4.78 is 0. The normalized spacial score (nSPS) is 14.3. The number of guanidine groups is 1. The Morgan fingerprint density at radius 3 is 1.33 bits per heavy atom. The fourth-order valence-corrected chi connectivity index (χ4v) is 10.6. The van der Waals surface area contributed by atoms with Gasteiger partial charge in [0.05, 0.1) is 31.9 Å². The number of nitrogens with two attached hydrogens (primary N) is 4. The van der Waals surface area contributed by atoms with Gasteiger partial charge in [-0.3, -0.25) is 81.7 Å². The second-order valence-electron chi connectivity index (χ2n) is 25.3. The van der Waals surface area contributed by atoms with Gasteiger partial charge in [-0.15, -0.1) is 0 Å². The second-order valence-corrected chi connectivity index (χ2v) is 25.7. The number of carboxylic acids is 3. The van der Waals surface area contributed by atoms with E-state index in [1.54, 1.807) is 30.3 Å². The summed E-state index contributed by atoms with van der Waals surface area (Å²) >= 11 is 4.01. The van der Waals surface area contributed by atoms with Gasteiger partial charge in [0.25, 0.3) is 0 Å². The van der Waals surface area contributed by atoms with Crippen molar-refractivity contribution in [2.75, 3.05) is 25.4 Å². The third-order valence-corrected chi connectivity index (χ3v) is 16.4. The predicted molar refractivity (Wildman–Crippen MR) is 384 cm³/mol. The van der Waals surface area contributed by atoms with Crippen LogP contribution in [0.1, 0.15) is 135 Å². The van der Waals surface area contributed by atoms with Gasteiger partial charge in [0.2, 0.25) is 77.3 Å². The first-order chi connectivity index (χ1) is 50.2. The minimum Gasteiger partial charge on any atom is -0.508 e. The van der Waals surface area contributed by atoms with Gasteiger partial charge in [-0.25, -0.2) is 0 Å². The van der Waals surface area contributed by atoms with Crippen molar-refractivity contribution in [3.8, 4) is 5.75 Å². The Labute approximate surface area is 617 Å². The van der Waals surface area contributed by atoms with Gasteiger partial charge < -0.3 is 112 Å². The van der Waals surface area contributed by atoms with Crippen molar-refractivity contribution in [1.82, 2.24) is 63.8 Å². The molecule has 38 nitrogen and oxygen atoms in total. The van der Waals surface area contributed by atoms with Crippen LogP contribution in [0.5, 0.6) is 5.75 Å². The number of hydrogen-bond donors (Lipinski definition) is 22. The van der Waals surface area contributed by atoms with Gasteiger partial charge in [0, 0.05) is 31.7 Å². The molecule has 13 amide bonds. The lowest BCUT2D eigenvalue weighted by atomic mass is 9.99. The molecular weight excluding hydrogens is 1410 g/mol. The summed E-state index contributed by atoms with van der Waals surface area (Å²) in [6, 6.07) is -4.10. The predicted octanol–water partition coefficient (Wildman–Crippen LogP) is -4.93. The van der Waals surface area contributed by atoms with E-state index < -0.39 is 193 Å². The number of carbonyl (C=O) groups is 16. The van der Waals surface area contributed by atoms with Crippen LogP contribution in [-0.4, -0.2) is 225 Å². The van der Waals surface area contributed by atoms with Crippen molar-refractivity contribution in [3.63, 3.8) is 0 Å². The smallest absolute Gasteiger partial charge is 0.305 e. The molecule has 0 saturated carbocycles. The van der Waals surface area contributed by atoms with E-state index in [2.05, 4.69) is 76.1 Å². The molecule has 0 heterocycles. The van der Waals surface area contributed by atoms with E-state index in [9.17, 15) is 97.1 Å². The lowest BCUT2D eigenvalue weighted by Gasteiger charge is -2.28. The van der Waals surface area contributed by atoms with Crippen molar-refractivity contribution < 1.29 is 102 Å². The fourth-order valence-electron chi connectivity index (χ4n) is 10.3. The fraction of sp³-hybridized carbons (Fsp3) is 0.567. The first-order valence-electron chi connectivity index (χ1n) is 34.5. The zero-order chi connectivity index (χ0) is 79.6. The van der Waals surface area contributed by atoms with Crippen LogP contribution in [0.4, 0.5) is 0 Å². The molecule has 0 aromatic heterocycles. The number of aliphatic carboxylic acids is 3. The molecule has 12 atom stereocenters. The van der Waals surface area contributed by atoms with Gasteiger partial charge in [0.1, 0.15) is 72.2 Å². The van der Waals surface area contributed by atoms with Crippen molar-refractivity contribution >= 4 is 114 Å². The Hall–Kier alpha value is -10.7. The SMILES string of the molecule is CCCC[C@H](NC=O)C(=O)N[C@@H](CC(C)C)C(=O)N[C@@H](Cc1ccccc1)C(=O)N[C@@H](CCCC)C(=O)N[C@@H](Cc1ccc(O)cc1)C(=O)N[C@@H](CCCCNC(=O)[C@H](CO)NC(=O)[C@@H](CCCN=C(N)N)NC(=O)[C@H](CC(=O)O)NC(=O)[C@H](CS)NC(=O)[C@H](CC(=O)O)NC(=O)[C@@H](N)CC(=O)O)C(N)=O. The molecule has 2 aromatic rings. The number of aliphatic hydroxyl groups is 1. The van der Waals surface area contributed by atoms with E-state index in [0.29, 0.717) is 43.2 Å². The van der Waals surface area contributed by atoms with Gasteiger partial charge in [-0.2, -0.15) is 12.6 Å². The number of hydrogen-bond acceptors (Lipinski definition) is 21. The zero-order valence-corrected chi connectivity index (χ0v) is 60.5. The van der Waals surface area contributed by atoms with E-state index in [0.717, 1.165) is 6.42 Å². The number of thiol groups is 1. The van der Waals surface area contributed by atoms with Crippen molar-refractivity contribution in [2.24, 2.45) is 33.8 Å². The maximum Gasteiger partial charge on any atom is 0.305 e. The Morgan fingerprint density at radius 2 is 0.858 bits per heavy atom. The maximum atomic E-state index is 14.5. The molecule has 0 spiro atoms. The highest BCUT2D eigenvalue weighted by Gasteiger charge is 2.37. The molecule has 39 heteroatoms. The number of aromatic hydroxyl groups is 1. The van der Waals surface area contributed by atoms with Crippen LogP contribution < -0.4 is 86.7 Å². The first kappa shape index (κ1) is 91.4. The number of nitrogens with one attached hydrogen (secondary N) is 12. The number of phenolic OH excluding ortho intramolecular Hbond substituents is 1. The summed E-state index contributed by atoms with van der Waals surface area (Å²) in [6.07, 6.45) is -0.623. The molecule has 25 N–H and O–H groups in total. The second kappa shape index (κ2) is 49.1. The number of aliphatic imine (C=N–C) groups is 1. The summed E-state index contributed by atoms with van der Waals surface area (Å²) in [6.45, 7) is 6.08. The van der Waals surface area contributed by atoms with Gasteiger partial charge in [-0.05, 0) is 80.5 Å². The van der Waals surface area contributed by atoms with Crippen molar-refractivity contribution in [2.45, 2.75) is 209 Å². The van der Waals surface area contributed by atoms with Crippen LogP contribution in [0.25, 0.3) is 0 Å². The van der Waals surface area contributed by atoms with Crippen LogP contribution in [-0.2, 0) is 89.6 Å². The summed E-state index contributed by atoms with van der Waals surface area (Å²) in [5.74, 6) is -18.0. The number of primary amides is 1. The number of benzene rings is 2. The molecule has 0 fully saturated rings. The minimum atomic E-state index is -2.03. The molecule has 2 rings (SSSR count). The Morgan fingerprint density at radius 1 is 0.462 bits per heavy atom. The molecule has 0 aliphatic rings. The van der Waals surface area contributed by atoms with Crippen LogP contribution in [0.2, 0.25) is 0 Å². The molecule has 2 aromatic carbocycles.